The van der Waals surface area contributed by atoms with Gasteiger partial charge in [0, 0.05) is 0 Å². The lowest BCUT2D eigenvalue weighted by atomic mass is 10.3. The molecule has 0 heterocycles. The Labute approximate surface area is 68.9 Å². The average Bonchev–Trinajstić information content (AvgIpc) is 1.84. The fourth-order valence-electron chi connectivity index (χ4n) is 0.450. The molecule has 0 aromatic heterocycles. The van der Waals surface area contributed by atoms with E-state index in [9.17, 15) is 13.2 Å². The highest BCUT2D eigenvalue weighted by molar-refractivity contribution is 7.85. The second kappa shape index (κ2) is 4.01. The Bertz CT molecular complexity index is 303. The van der Waals surface area contributed by atoms with Crippen LogP contribution >= 0.6 is 0 Å². The highest BCUT2D eigenvalue weighted by atomic mass is 32.2. The van der Waals surface area contributed by atoms with E-state index >= 15 is 0 Å². The summed E-state index contributed by atoms with van der Waals surface area (Å²) in [4.78, 5) is 10.6. The predicted octanol–water partition coefficient (Wildman–Crippen LogP) is -2.20. The number of nitrogens with one attached hydrogen (secondary N) is 1. The normalized spacial score (nSPS) is 13.1. The highest BCUT2D eigenvalue weighted by Crippen LogP contribution is 1.87. The van der Waals surface area contributed by atoms with E-state index in [1.807, 2.05) is 0 Å². The molecule has 0 bridgehead atoms. The molecule has 0 unspecified atom stereocenters. The van der Waals surface area contributed by atoms with Gasteiger partial charge in [0.05, 0.1) is 5.75 Å². The van der Waals surface area contributed by atoms with Crippen LogP contribution in [0.25, 0.3) is 0 Å². The predicted molar refractivity (Wildman–Crippen MR) is 38.1 cm³/mol. The Morgan fingerprint density at radius 2 is 2.25 bits per heavy atom. The molecule has 0 rings (SSSR count). The molecule has 0 saturated heterocycles. The molecular weight excluding hydrogens is 186 g/mol. The summed E-state index contributed by atoms with van der Waals surface area (Å²) in [6.07, 6.45) is 1.28. The van der Waals surface area contributed by atoms with E-state index in [1.165, 1.54) is 6.19 Å². The molecule has 0 aliphatic rings. The molecule has 0 radical (unpaired) electrons. The van der Waals surface area contributed by atoms with E-state index in [-0.39, 0.29) is 0 Å². The Balaban J connectivity index is 4.16. The lowest BCUT2D eigenvalue weighted by Gasteiger charge is -2.04. The molecule has 0 aromatic rings. The maximum absolute atomic E-state index is 10.6. The van der Waals surface area contributed by atoms with Gasteiger partial charge in [-0.1, -0.05) is 0 Å². The van der Waals surface area contributed by atoms with Gasteiger partial charge in [0.2, 0.25) is 0 Å². The van der Waals surface area contributed by atoms with E-state index in [4.69, 9.17) is 15.5 Å². The summed E-state index contributed by atoms with van der Waals surface area (Å²) < 4.78 is 28.6. The number of nitrogens with zero attached hydrogens (tertiary/aromatic N) is 1. The van der Waals surface area contributed by atoms with Gasteiger partial charge in [-0.05, 0) is 0 Å². The number of nitrogens with two attached hydrogens (primary N) is 1. The molecular formula is C4H7N3O4S. The van der Waals surface area contributed by atoms with Crippen LogP contribution in [0.1, 0.15) is 0 Å². The summed E-state index contributed by atoms with van der Waals surface area (Å²) in [6, 6.07) is -1.43. The number of carbonyl (C=O) groups excluding carboxylic acids is 1. The molecule has 0 fully saturated rings. The number of rotatable bonds is 3. The van der Waals surface area contributed by atoms with Gasteiger partial charge in [-0.15, -0.1) is 0 Å². The van der Waals surface area contributed by atoms with Crippen LogP contribution in [0.2, 0.25) is 0 Å². The van der Waals surface area contributed by atoms with E-state index in [2.05, 4.69) is 0 Å². The van der Waals surface area contributed by atoms with Crippen LogP contribution in [-0.4, -0.2) is 30.7 Å². The van der Waals surface area contributed by atoms with Gasteiger partial charge >= 0.3 is 0 Å². The molecule has 0 aromatic carbocycles. The van der Waals surface area contributed by atoms with Crippen molar-refractivity contribution in [1.29, 1.82) is 5.26 Å². The van der Waals surface area contributed by atoms with Crippen LogP contribution in [0.4, 0.5) is 0 Å². The fourth-order valence-corrected chi connectivity index (χ4v) is 1.06. The Hall–Kier alpha value is -1.17. The topological polar surface area (TPSA) is 133 Å². The maximum Gasteiger partial charge on any atom is 0.266 e. The lowest BCUT2D eigenvalue weighted by molar-refractivity contribution is -0.120. The monoisotopic (exact) mass is 193 g/mol. The second-order valence-electron chi connectivity index (χ2n) is 1.96. The lowest BCUT2D eigenvalue weighted by Crippen LogP contribution is -2.43. The molecule has 68 valence electrons. The molecule has 1 atom stereocenters. The summed E-state index contributed by atoms with van der Waals surface area (Å²) in [5.74, 6) is -1.85. The van der Waals surface area contributed by atoms with Gasteiger partial charge in [0.1, 0.15) is 6.04 Å². The third kappa shape index (κ3) is 4.62. The number of hydrogen-bond acceptors (Lipinski definition) is 5. The molecule has 0 aliphatic heterocycles. The number of nitriles is 1. The minimum Gasteiger partial charge on any atom is -0.319 e. The SMILES string of the molecule is N#CNC(=O)[C@@H](N)CS(=O)(=O)O. The molecule has 0 spiro atoms. The van der Waals surface area contributed by atoms with E-state index in [1.54, 1.807) is 5.32 Å². The quantitative estimate of drug-likeness (QED) is 0.264. The van der Waals surface area contributed by atoms with Crippen LogP contribution in [-0.2, 0) is 14.9 Å². The molecule has 4 N–H and O–H groups in total. The summed E-state index contributed by atoms with van der Waals surface area (Å²) in [5, 5.41) is 9.57. The number of amides is 1. The minimum absolute atomic E-state index is 0.902. The smallest absolute Gasteiger partial charge is 0.266 e. The second-order valence-corrected chi connectivity index (χ2v) is 3.45. The van der Waals surface area contributed by atoms with Crippen molar-refractivity contribution in [3.05, 3.63) is 0 Å². The van der Waals surface area contributed by atoms with Crippen molar-refractivity contribution >= 4 is 16.0 Å². The molecule has 8 heteroatoms. The van der Waals surface area contributed by atoms with Crippen LogP contribution in [0, 0.1) is 11.5 Å². The van der Waals surface area contributed by atoms with Crippen molar-refractivity contribution in [1.82, 2.24) is 5.32 Å². The fraction of sp³-hybridized carbons (Fsp3) is 0.500. The van der Waals surface area contributed by atoms with Crippen LogP contribution in [0.3, 0.4) is 0 Å². The van der Waals surface area contributed by atoms with Gasteiger partial charge < -0.3 is 5.73 Å². The van der Waals surface area contributed by atoms with E-state index < -0.39 is 27.8 Å². The third-order valence-electron chi connectivity index (χ3n) is 0.906. The highest BCUT2D eigenvalue weighted by Gasteiger charge is 2.19. The largest absolute Gasteiger partial charge is 0.319 e. The van der Waals surface area contributed by atoms with Crippen LogP contribution in [0.5, 0.6) is 0 Å². The molecule has 12 heavy (non-hydrogen) atoms. The third-order valence-corrected chi connectivity index (χ3v) is 1.69. The zero-order valence-electron chi connectivity index (χ0n) is 5.89. The first kappa shape index (κ1) is 10.8. The van der Waals surface area contributed by atoms with Crippen molar-refractivity contribution in [2.24, 2.45) is 5.73 Å². The number of hydrogen-bond donors (Lipinski definition) is 3. The zero-order chi connectivity index (χ0) is 9.78. The van der Waals surface area contributed by atoms with Crippen molar-refractivity contribution in [2.45, 2.75) is 6.04 Å². The van der Waals surface area contributed by atoms with Gasteiger partial charge in [0.15, 0.2) is 6.19 Å². The Morgan fingerprint density at radius 3 is 2.58 bits per heavy atom. The Morgan fingerprint density at radius 1 is 1.75 bits per heavy atom. The Kier molecular flexibility index (Phi) is 3.62. The molecule has 0 saturated carbocycles. The van der Waals surface area contributed by atoms with Gasteiger partial charge in [-0.25, -0.2) is 0 Å². The van der Waals surface area contributed by atoms with Crippen molar-refractivity contribution in [2.75, 3.05) is 5.75 Å². The van der Waals surface area contributed by atoms with Crippen LogP contribution in [0.15, 0.2) is 0 Å². The van der Waals surface area contributed by atoms with Crippen LogP contribution < -0.4 is 11.1 Å². The average molecular weight is 193 g/mol. The van der Waals surface area contributed by atoms with Gasteiger partial charge in [-0.3, -0.25) is 14.7 Å². The van der Waals surface area contributed by atoms with Crippen molar-refractivity contribution in [3.8, 4) is 6.19 Å². The van der Waals surface area contributed by atoms with Gasteiger partial charge in [0.25, 0.3) is 16.0 Å². The summed E-state index contributed by atoms with van der Waals surface area (Å²) >= 11 is 0. The molecule has 0 aliphatic carbocycles. The summed E-state index contributed by atoms with van der Waals surface area (Å²) in [5.41, 5.74) is 4.99. The van der Waals surface area contributed by atoms with E-state index in [0.717, 1.165) is 0 Å². The van der Waals surface area contributed by atoms with Crippen molar-refractivity contribution < 1.29 is 17.8 Å². The molecule has 7 nitrogen and oxygen atoms in total. The molecule has 1 amide bonds. The summed E-state index contributed by atoms with van der Waals surface area (Å²) in [7, 11) is -4.28. The van der Waals surface area contributed by atoms with Crippen molar-refractivity contribution in [3.63, 3.8) is 0 Å². The summed E-state index contributed by atoms with van der Waals surface area (Å²) in [6.45, 7) is 0. The minimum atomic E-state index is -4.28. The zero-order valence-corrected chi connectivity index (χ0v) is 6.71. The van der Waals surface area contributed by atoms with Gasteiger partial charge in [-0.2, -0.15) is 13.7 Å². The first-order valence-electron chi connectivity index (χ1n) is 2.76. The standard InChI is InChI=1S/C4H7N3O4S/c5-2-7-4(8)3(6)1-12(9,10)11/h3H,1,6H2,(H,7,8)(H,9,10,11)/t3-/m0/s1. The first-order chi connectivity index (χ1) is 5.37. The maximum atomic E-state index is 10.6. The van der Waals surface area contributed by atoms with E-state index in [0.29, 0.717) is 0 Å². The number of carbonyl (C=O) groups is 1. The first-order valence-corrected chi connectivity index (χ1v) is 4.37.